The van der Waals surface area contributed by atoms with Crippen molar-refractivity contribution in [1.82, 2.24) is 0 Å². The van der Waals surface area contributed by atoms with Gasteiger partial charge in [-0.3, -0.25) is 0 Å². The maximum atomic E-state index is 2.29. The van der Waals surface area contributed by atoms with Gasteiger partial charge in [-0.15, -0.1) is 0 Å². The molecule has 0 unspecified atom stereocenters. The number of rotatable bonds is 4. The standard InChI is InChI=1S/C12H18.C11H18/c1-9(2)11-7-5-6-8-12(11)10(3)4;1-8(2)10-6-5-7-11(10)9(3)4/h5-10H,1-4H3;5-6,8-9H,7H2,1-4H3. The fourth-order valence-corrected chi connectivity index (χ4v) is 3.23. The highest BCUT2D eigenvalue weighted by Gasteiger charge is 2.14. The Kier molecular flexibility index (Phi) is 7.82. The summed E-state index contributed by atoms with van der Waals surface area (Å²) in [4.78, 5) is 0. The lowest BCUT2D eigenvalue weighted by Crippen LogP contribution is -1.98. The van der Waals surface area contributed by atoms with E-state index in [2.05, 4.69) is 91.8 Å². The molecular weight excluding hydrogens is 276 g/mol. The fraction of sp³-hybridized carbons (Fsp3) is 0.565. The Bertz CT molecular complexity index is 512. The molecule has 0 atom stereocenters. The molecule has 0 fully saturated rings. The van der Waals surface area contributed by atoms with Crippen LogP contribution in [-0.2, 0) is 0 Å². The molecule has 1 aromatic carbocycles. The van der Waals surface area contributed by atoms with Crippen molar-refractivity contribution in [3.63, 3.8) is 0 Å². The third-order valence-electron chi connectivity index (χ3n) is 4.56. The molecule has 0 aromatic heterocycles. The molecule has 0 aliphatic heterocycles. The van der Waals surface area contributed by atoms with Crippen LogP contribution in [0.15, 0.2) is 47.6 Å². The van der Waals surface area contributed by atoms with E-state index in [0.717, 1.165) is 5.92 Å². The molecule has 1 aliphatic carbocycles. The van der Waals surface area contributed by atoms with Gasteiger partial charge in [0.05, 0.1) is 0 Å². The number of allylic oxidation sites excluding steroid dienone is 4. The molecule has 0 spiro atoms. The third-order valence-corrected chi connectivity index (χ3v) is 4.56. The highest BCUT2D eigenvalue weighted by Crippen LogP contribution is 2.30. The molecule has 128 valence electrons. The van der Waals surface area contributed by atoms with Crippen LogP contribution in [0.1, 0.15) is 84.8 Å². The van der Waals surface area contributed by atoms with Crippen molar-refractivity contribution in [2.75, 3.05) is 0 Å². The molecule has 0 saturated carbocycles. The van der Waals surface area contributed by atoms with E-state index < -0.39 is 0 Å². The van der Waals surface area contributed by atoms with Crippen molar-refractivity contribution in [3.8, 4) is 0 Å². The molecule has 2 rings (SSSR count). The van der Waals surface area contributed by atoms with Crippen LogP contribution in [0.5, 0.6) is 0 Å². The average molecular weight is 313 g/mol. The van der Waals surface area contributed by atoms with Gasteiger partial charge in [0, 0.05) is 0 Å². The van der Waals surface area contributed by atoms with Crippen LogP contribution in [0.25, 0.3) is 0 Å². The summed E-state index contributed by atoms with van der Waals surface area (Å²) < 4.78 is 0. The Morgan fingerprint density at radius 2 is 1.13 bits per heavy atom. The van der Waals surface area contributed by atoms with Gasteiger partial charge in [0.15, 0.2) is 0 Å². The van der Waals surface area contributed by atoms with E-state index in [0.29, 0.717) is 17.8 Å². The van der Waals surface area contributed by atoms with Crippen molar-refractivity contribution < 1.29 is 0 Å². The van der Waals surface area contributed by atoms with Crippen molar-refractivity contribution in [3.05, 3.63) is 58.7 Å². The van der Waals surface area contributed by atoms with E-state index in [1.165, 1.54) is 17.5 Å². The molecule has 1 aromatic rings. The SMILES string of the molecule is CC(C)C1=C(C(C)C)CC=C1.CC(C)c1ccccc1C(C)C. The minimum absolute atomic E-state index is 0.642. The van der Waals surface area contributed by atoms with Crippen LogP contribution in [-0.4, -0.2) is 0 Å². The Morgan fingerprint density at radius 1 is 0.652 bits per heavy atom. The summed E-state index contributed by atoms with van der Waals surface area (Å²) in [5.74, 6) is 2.71. The van der Waals surface area contributed by atoms with E-state index in [1.54, 1.807) is 11.1 Å². The number of hydrogen-bond acceptors (Lipinski definition) is 0. The third kappa shape index (κ3) is 5.68. The van der Waals surface area contributed by atoms with Crippen LogP contribution < -0.4 is 0 Å². The largest absolute Gasteiger partial charge is 0.0802 e. The molecule has 0 heterocycles. The van der Waals surface area contributed by atoms with Crippen molar-refractivity contribution in [2.24, 2.45) is 11.8 Å². The Labute approximate surface area is 144 Å². The maximum Gasteiger partial charge on any atom is -0.0127 e. The molecule has 0 radical (unpaired) electrons. The lowest BCUT2D eigenvalue weighted by Gasteiger charge is -2.14. The second-order valence-electron chi connectivity index (χ2n) is 7.83. The quantitative estimate of drug-likeness (QED) is 0.540. The summed E-state index contributed by atoms with van der Waals surface area (Å²) >= 11 is 0. The second-order valence-corrected chi connectivity index (χ2v) is 7.83. The number of hydrogen-bond donors (Lipinski definition) is 0. The second kappa shape index (κ2) is 9.11. The molecule has 1 aliphatic rings. The van der Waals surface area contributed by atoms with Gasteiger partial charge < -0.3 is 0 Å². The lowest BCUT2D eigenvalue weighted by atomic mass is 9.91. The molecule has 23 heavy (non-hydrogen) atoms. The van der Waals surface area contributed by atoms with Crippen molar-refractivity contribution in [1.29, 1.82) is 0 Å². The number of benzene rings is 1. The topological polar surface area (TPSA) is 0 Å². The summed E-state index contributed by atoms with van der Waals surface area (Å²) in [6, 6.07) is 8.72. The average Bonchev–Trinajstić information content (AvgIpc) is 2.97. The van der Waals surface area contributed by atoms with Gasteiger partial charge in [-0.05, 0) is 46.8 Å². The van der Waals surface area contributed by atoms with Crippen LogP contribution in [0.3, 0.4) is 0 Å². The van der Waals surface area contributed by atoms with Gasteiger partial charge in [0.25, 0.3) is 0 Å². The van der Waals surface area contributed by atoms with Gasteiger partial charge in [-0.25, -0.2) is 0 Å². The first-order chi connectivity index (χ1) is 10.8. The first-order valence-electron chi connectivity index (χ1n) is 9.23. The first kappa shape index (κ1) is 19.7. The summed E-state index contributed by atoms with van der Waals surface area (Å²) in [5, 5.41) is 0. The monoisotopic (exact) mass is 312 g/mol. The Hall–Kier alpha value is -1.30. The van der Waals surface area contributed by atoms with Crippen LogP contribution in [0, 0.1) is 11.8 Å². The molecule has 0 N–H and O–H groups in total. The molecular formula is C23H36. The van der Waals surface area contributed by atoms with E-state index in [-0.39, 0.29) is 0 Å². The molecule has 0 saturated heterocycles. The normalized spacial score (nSPS) is 14.3. The van der Waals surface area contributed by atoms with Gasteiger partial charge in [-0.2, -0.15) is 0 Å². The zero-order valence-corrected chi connectivity index (χ0v) is 16.5. The highest BCUT2D eigenvalue weighted by molar-refractivity contribution is 5.36. The zero-order chi connectivity index (χ0) is 17.6. The van der Waals surface area contributed by atoms with Crippen LogP contribution in [0.2, 0.25) is 0 Å². The van der Waals surface area contributed by atoms with Crippen molar-refractivity contribution in [2.45, 2.75) is 73.6 Å². The predicted octanol–water partition coefficient (Wildman–Crippen LogP) is 7.49. The Morgan fingerprint density at radius 3 is 1.43 bits per heavy atom. The van der Waals surface area contributed by atoms with Gasteiger partial charge in [-0.1, -0.05) is 97.4 Å². The summed E-state index contributed by atoms with van der Waals surface area (Å²) in [7, 11) is 0. The highest BCUT2D eigenvalue weighted by atomic mass is 14.2. The van der Waals surface area contributed by atoms with Gasteiger partial charge in [0.2, 0.25) is 0 Å². The summed E-state index contributed by atoms with van der Waals surface area (Å²) in [6.07, 6.45) is 5.76. The predicted molar refractivity (Wildman–Crippen MR) is 105 cm³/mol. The minimum Gasteiger partial charge on any atom is -0.0802 e. The fourth-order valence-electron chi connectivity index (χ4n) is 3.23. The summed E-state index contributed by atoms with van der Waals surface area (Å²) in [5.41, 5.74) is 6.19. The van der Waals surface area contributed by atoms with Crippen molar-refractivity contribution >= 4 is 0 Å². The van der Waals surface area contributed by atoms with E-state index in [4.69, 9.17) is 0 Å². The molecule has 0 heteroatoms. The molecule has 0 bridgehead atoms. The summed E-state index contributed by atoms with van der Waals surface area (Å²) in [6.45, 7) is 18.1. The van der Waals surface area contributed by atoms with Crippen LogP contribution in [0.4, 0.5) is 0 Å². The lowest BCUT2D eigenvalue weighted by molar-refractivity contribution is 0.702. The Balaban J connectivity index is 0.000000231. The van der Waals surface area contributed by atoms with Crippen LogP contribution >= 0.6 is 0 Å². The molecule has 0 nitrogen and oxygen atoms in total. The zero-order valence-electron chi connectivity index (χ0n) is 16.5. The van der Waals surface area contributed by atoms with Gasteiger partial charge >= 0.3 is 0 Å². The van der Waals surface area contributed by atoms with E-state index in [1.807, 2.05) is 0 Å². The smallest absolute Gasteiger partial charge is 0.0127 e. The minimum atomic E-state index is 0.642. The maximum absolute atomic E-state index is 2.29. The van der Waals surface area contributed by atoms with Gasteiger partial charge in [0.1, 0.15) is 0 Å². The molecule has 0 amide bonds. The first-order valence-corrected chi connectivity index (χ1v) is 9.23. The van der Waals surface area contributed by atoms with E-state index >= 15 is 0 Å². The van der Waals surface area contributed by atoms with E-state index in [9.17, 15) is 0 Å².